The molecular formula is C16H23NO3S. The summed E-state index contributed by atoms with van der Waals surface area (Å²) >= 11 is 1.72. The molecule has 1 aromatic rings. The van der Waals surface area contributed by atoms with E-state index in [4.69, 9.17) is 5.11 Å². The maximum Gasteiger partial charge on any atom is 0.326 e. The molecular weight excluding hydrogens is 286 g/mol. The average molecular weight is 309 g/mol. The highest BCUT2D eigenvalue weighted by molar-refractivity contribution is 7.99. The van der Waals surface area contributed by atoms with Crippen molar-refractivity contribution in [1.29, 1.82) is 0 Å². The van der Waals surface area contributed by atoms with E-state index in [0.29, 0.717) is 17.2 Å². The van der Waals surface area contributed by atoms with Crippen LogP contribution < -0.4 is 5.32 Å². The molecule has 0 heterocycles. The van der Waals surface area contributed by atoms with Gasteiger partial charge in [0, 0.05) is 15.7 Å². The lowest BCUT2D eigenvalue weighted by molar-refractivity contribution is -0.139. The molecule has 0 fully saturated rings. The van der Waals surface area contributed by atoms with Crippen molar-refractivity contribution < 1.29 is 14.7 Å². The van der Waals surface area contributed by atoms with Gasteiger partial charge >= 0.3 is 5.97 Å². The van der Waals surface area contributed by atoms with Crippen molar-refractivity contribution in [3.05, 3.63) is 29.8 Å². The summed E-state index contributed by atoms with van der Waals surface area (Å²) < 4.78 is 0. The van der Waals surface area contributed by atoms with Crippen LogP contribution >= 0.6 is 11.8 Å². The summed E-state index contributed by atoms with van der Waals surface area (Å²) in [5.41, 5.74) is 0.484. The Hall–Kier alpha value is -1.49. The van der Waals surface area contributed by atoms with E-state index in [2.05, 4.69) is 19.2 Å². The van der Waals surface area contributed by atoms with Gasteiger partial charge in [-0.1, -0.05) is 27.7 Å². The molecule has 1 rings (SSSR count). The van der Waals surface area contributed by atoms with E-state index in [1.54, 1.807) is 23.9 Å². The number of benzene rings is 1. The van der Waals surface area contributed by atoms with Crippen molar-refractivity contribution in [2.24, 2.45) is 5.92 Å². The number of amides is 1. The average Bonchev–Trinajstić information content (AvgIpc) is 2.37. The normalized spacial score (nSPS) is 12.5. The fourth-order valence-corrected chi connectivity index (χ4v) is 2.73. The molecule has 0 aliphatic carbocycles. The largest absolute Gasteiger partial charge is 0.480 e. The minimum absolute atomic E-state index is 0.205. The van der Waals surface area contributed by atoms with E-state index in [1.165, 1.54) is 0 Å². The van der Waals surface area contributed by atoms with E-state index in [1.807, 2.05) is 26.0 Å². The predicted molar refractivity (Wildman–Crippen MR) is 85.8 cm³/mol. The van der Waals surface area contributed by atoms with Gasteiger partial charge in [-0.3, -0.25) is 4.79 Å². The van der Waals surface area contributed by atoms with Gasteiger partial charge in [0.1, 0.15) is 6.04 Å². The van der Waals surface area contributed by atoms with Gasteiger partial charge in [0.25, 0.3) is 5.91 Å². The summed E-state index contributed by atoms with van der Waals surface area (Å²) in [6.07, 6.45) is 0.419. The second-order valence-corrected chi connectivity index (χ2v) is 7.33. The summed E-state index contributed by atoms with van der Waals surface area (Å²) in [6.45, 7) is 8.07. The van der Waals surface area contributed by atoms with E-state index >= 15 is 0 Å². The third-order valence-corrected chi connectivity index (χ3v) is 3.81. The van der Waals surface area contributed by atoms with Gasteiger partial charge in [0.2, 0.25) is 0 Å². The second-order valence-electron chi connectivity index (χ2n) is 5.68. The molecule has 0 saturated carbocycles. The lowest BCUT2D eigenvalue weighted by Gasteiger charge is -2.16. The van der Waals surface area contributed by atoms with Crippen LogP contribution in [-0.4, -0.2) is 28.3 Å². The highest BCUT2D eigenvalue weighted by atomic mass is 32.2. The highest BCUT2D eigenvalue weighted by Gasteiger charge is 2.21. The van der Waals surface area contributed by atoms with E-state index < -0.39 is 12.0 Å². The quantitative estimate of drug-likeness (QED) is 0.757. The maximum absolute atomic E-state index is 12.1. The first-order valence-electron chi connectivity index (χ1n) is 7.10. The second kappa shape index (κ2) is 8.08. The van der Waals surface area contributed by atoms with Crippen LogP contribution in [0.4, 0.5) is 0 Å². The van der Waals surface area contributed by atoms with Crippen LogP contribution in [0.2, 0.25) is 0 Å². The number of carbonyl (C=O) groups is 2. The summed E-state index contributed by atoms with van der Waals surface area (Å²) in [6, 6.07) is 6.39. The van der Waals surface area contributed by atoms with E-state index in [-0.39, 0.29) is 11.8 Å². The highest BCUT2D eigenvalue weighted by Crippen LogP contribution is 2.22. The van der Waals surface area contributed by atoms with Gasteiger partial charge in [0.05, 0.1) is 0 Å². The molecule has 1 amide bonds. The molecule has 1 unspecified atom stereocenters. The van der Waals surface area contributed by atoms with E-state index in [9.17, 15) is 9.59 Å². The molecule has 0 bridgehead atoms. The maximum atomic E-state index is 12.1. The van der Waals surface area contributed by atoms with Crippen LogP contribution in [0.5, 0.6) is 0 Å². The van der Waals surface area contributed by atoms with Crippen molar-refractivity contribution >= 4 is 23.6 Å². The Bertz CT molecular complexity index is 483. The Labute approximate surface area is 130 Å². The zero-order valence-corrected chi connectivity index (χ0v) is 13.7. The number of aliphatic carboxylic acids is 1. The van der Waals surface area contributed by atoms with Gasteiger partial charge < -0.3 is 10.4 Å². The topological polar surface area (TPSA) is 66.4 Å². The summed E-state index contributed by atoms with van der Waals surface area (Å²) in [7, 11) is 0. The number of thioether (sulfide) groups is 1. The molecule has 2 N–H and O–H groups in total. The zero-order chi connectivity index (χ0) is 16.0. The predicted octanol–water partition coefficient (Wildman–Crippen LogP) is 3.42. The summed E-state index contributed by atoms with van der Waals surface area (Å²) in [5, 5.41) is 12.2. The smallest absolute Gasteiger partial charge is 0.326 e. The van der Waals surface area contributed by atoms with Crippen molar-refractivity contribution in [3.8, 4) is 0 Å². The third-order valence-electron chi connectivity index (χ3n) is 2.80. The molecule has 0 saturated heterocycles. The first-order valence-corrected chi connectivity index (χ1v) is 7.98. The monoisotopic (exact) mass is 309 g/mol. The van der Waals surface area contributed by atoms with Crippen molar-refractivity contribution in [1.82, 2.24) is 5.32 Å². The Morgan fingerprint density at radius 3 is 2.14 bits per heavy atom. The number of carbonyl (C=O) groups excluding carboxylic acids is 1. The third kappa shape index (κ3) is 6.21. The number of hydrogen-bond acceptors (Lipinski definition) is 3. The Kier molecular flexibility index (Phi) is 6.75. The van der Waals surface area contributed by atoms with Crippen molar-refractivity contribution in [2.75, 3.05) is 0 Å². The lowest BCUT2D eigenvalue weighted by atomic mass is 10.0. The molecule has 0 spiro atoms. The van der Waals surface area contributed by atoms with Gasteiger partial charge in [-0.15, -0.1) is 11.8 Å². The minimum atomic E-state index is -0.996. The van der Waals surface area contributed by atoms with Crippen LogP contribution in [0.1, 0.15) is 44.5 Å². The first kappa shape index (κ1) is 17.6. The number of carboxylic acids is 1. The molecule has 21 heavy (non-hydrogen) atoms. The summed E-state index contributed by atoms with van der Waals surface area (Å²) in [5.74, 6) is -1.13. The molecule has 4 nitrogen and oxygen atoms in total. The summed E-state index contributed by atoms with van der Waals surface area (Å²) in [4.78, 5) is 24.3. The number of nitrogens with one attached hydrogen (secondary N) is 1. The van der Waals surface area contributed by atoms with Gasteiger partial charge in [-0.25, -0.2) is 4.79 Å². The molecule has 0 radical (unpaired) electrons. The van der Waals surface area contributed by atoms with Gasteiger partial charge in [-0.05, 0) is 36.6 Å². The molecule has 0 aliphatic rings. The minimum Gasteiger partial charge on any atom is -0.480 e. The lowest BCUT2D eigenvalue weighted by Crippen LogP contribution is -2.41. The molecule has 0 aliphatic heterocycles. The Morgan fingerprint density at radius 2 is 1.71 bits per heavy atom. The van der Waals surface area contributed by atoms with Crippen LogP contribution in [0.15, 0.2) is 29.2 Å². The number of rotatable bonds is 7. The van der Waals surface area contributed by atoms with Crippen LogP contribution in [0, 0.1) is 5.92 Å². The van der Waals surface area contributed by atoms with Crippen LogP contribution in [0.3, 0.4) is 0 Å². The van der Waals surface area contributed by atoms with E-state index in [0.717, 1.165) is 4.90 Å². The Balaban J connectivity index is 2.71. The molecule has 116 valence electrons. The zero-order valence-electron chi connectivity index (χ0n) is 12.9. The molecule has 5 heteroatoms. The molecule has 1 aromatic carbocycles. The fraction of sp³-hybridized carbons (Fsp3) is 0.500. The molecule has 1 atom stereocenters. The fourth-order valence-electron chi connectivity index (χ4n) is 1.89. The SMILES string of the molecule is CC(C)CC(NC(=O)c1ccc(SC(C)C)cc1)C(=O)O. The van der Waals surface area contributed by atoms with Crippen molar-refractivity contribution in [3.63, 3.8) is 0 Å². The Morgan fingerprint density at radius 1 is 1.14 bits per heavy atom. The molecule has 0 aromatic heterocycles. The van der Waals surface area contributed by atoms with Gasteiger partial charge in [0.15, 0.2) is 0 Å². The standard InChI is InChI=1S/C16H23NO3S/c1-10(2)9-14(16(19)20)17-15(18)12-5-7-13(8-6-12)21-11(3)4/h5-8,10-11,14H,9H2,1-4H3,(H,17,18)(H,19,20). The number of hydrogen-bond donors (Lipinski definition) is 2. The van der Waals surface area contributed by atoms with Gasteiger partial charge in [-0.2, -0.15) is 0 Å². The van der Waals surface area contributed by atoms with Crippen molar-refractivity contribution in [2.45, 2.75) is 50.3 Å². The van der Waals surface area contributed by atoms with Crippen LogP contribution in [-0.2, 0) is 4.79 Å². The van der Waals surface area contributed by atoms with Crippen LogP contribution in [0.25, 0.3) is 0 Å². The first-order chi connectivity index (χ1) is 9.79. The number of carboxylic acid groups (broad SMARTS) is 1.